The van der Waals surface area contributed by atoms with Crippen LogP contribution in [-0.4, -0.2) is 11.7 Å². The van der Waals surface area contributed by atoms with Gasteiger partial charge in [0, 0.05) is 0 Å². The third kappa shape index (κ3) is 6.17. The summed E-state index contributed by atoms with van der Waals surface area (Å²) in [7, 11) is 0. The maximum absolute atomic E-state index is 8.93. The minimum atomic E-state index is 0.213. The van der Waals surface area contributed by atoms with Crippen molar-refractivity contribution < 1.29 is 5.11 Å². The number of aliphatic hydroxyl groups excluding tert-OH is 1. The number of aliphatic hydroxyl groups is 1. The lowest BCUT2D eigenvalue weighted by molar-refractivity contribution is 0.326. The molecule has 0 aromatic rings. The Morgan fingerprint density at radius 2 is 1.92 bits per heavy atom. The predicted octanol–water partition coefficient (Wildman–Crippen LogP) is 3.06. The van der Waals surface area contributed by atoms with E-state index in [0.29, 0.717) is 0 Å². The van der Waals surface area contributed by atoms with Gasteiger partial charge in [-0.1, -0.05) is 24.6 Å². The van der Waals surface area contributed by atoms with Crippen molar-refractivity contribution in [1.82, 2.24) is 0 Å². The highest BCUT2D eigenvalue weighted by Crippen LogP contribution is 2.07. The number of allylic oxidation sites excluding steroid dienone is 3. The molecular formula is C11H20O. The molecule has 0 aliphatic rings. The van der Waals surface area contributed by atoms with Crippen LogP contribution >= 0.6 is 0 Å². The van der Waals surface area contributed by atoms with Crippen LogP contribution in [0.5, 0.6) is 0 Å². The number of rotatable bonds is 5. The highest BCUT2D eigenvalue weighted by molar-refractivity contribution is 5.04. The van der Waals surface area contributed by atoms with Gasteiger partial charge in [-0.3, -0.25) is 0 Å². The molecule has 0 rings (SSSR count). The predicted molar refractivity (Wildman–Crippen MR) is 54.1 cm³/mol. The maximum Gasteiger partial charge on any atom is 0.0641 e. The van der Waals surface area contributed by atoms with Crippen LogP contribution in [-0.2, 0) is 0 Å². The van der Waals surface area contributed by atoms with Crippen LogP contribution < -0.4 is 0 Å². The Kier molecular flexibility index (Phi) is 6.78. The van der Waals surface area contributed by atoms with Crippen LogP contribution in [0.2, 0.25) is 0 Å². The molecule has 0 saturated carbocycles. The molecule has 12 heavy (non-hydrogen) atoms. The summed E-state index contributed by atoms with van der Waals surface area (Å²) in [4.78, 5) is 0. The first-order valence-electron chi connectivity index (χ1n) is 4.62. The summed E-state index contributed by atoms with van der Waals surface area (Å²) in [5, 5.41) is 8.93. The Hall–Kier alpha value is -0.560. The fraction of sp³-hybridized carbons (Fsp3) is 0.636. The monoisotopic (exact) mass is 168 g/mol. The SMILES string of the molecule is CC/C=C(\CO)CCC=C(C)C. The highest BCUT2D eigenvalue weighted by Gasteiger charge is 1.92. The van der Waals surface area contributed by atoms with E-state index in [1.54, 1.807) is 0 Å². The van der Waals surface area contributed by atoms with Crippen molar-refractivity contribution in [3.63, 3.8) is 0 Å². The first kappa shape index (κ1) is 11.4. The molecular weight excluding hydrogens is 148 g/mol. The molecule has 0 saturated heterocycles. The Bertz CT molecular complexity index is 162. The van der Waals surface area contributed by atoms with Gasteiger partial charge in [0.2, 0.25) is 0 Å². The smallest absolute Gasteiger partial charge is 0.0641 e. The van der Waals surface area contributed by atoms with Gasteiger partial charge in [-0.05, 0) is 38.7 Å². The molecule has 0 unspecified atom stereocenters. The van der Waals surface area contributed by atoms with Gasteiger partial charge in [0.15, 0.2) is 0 Å². The Morgan fingerprint density at radius 3 is 2.33 bits per heavy atom. The topological polar surface area (TPSA) is 20.2 Å². The Morgan fingerprint density at radius 1 is 1.25 bits per heavy atom. The molecule has 1 heteroatoms. The van der Waals surface area contributed by atoms with Crippen molar-refractivity contribution in [2.24, 2.45) is 0 Å². The summed E-state index contributed by atoms with van der Waals surface area (Å²) in [6.45, 7) is 6.51. The van der Waals surface area contributed by atoms with E-state index >= 15 is 0 Å². The zero-order chi connectivity index (χ0) is 9.40. The molecule has 0 atom stereocenters. The molecule has 1 nitrogen and oxygen atoms in total. The van der Waals surface area contributed by atoms with E-state index in [4.69, 9.17) is 5.11 Å². The van der Waals surface area contributed by atoms with Crippen molar-refractivity contribution in [2.75, 3.05) is 6.61 Å². The molecule has 0 amide bonds. The second-order valence-corrected chi connectivity index (χ2v) is 3.25. The van der Waals surface area contributed by atoms with Crippen LogP contribution in [0.25, 0.3) is 0 Å². The molecule has 0 heterocycles. The molecule has 0 fully saturated rings. The summed E-state index contributed by atoms with van der Waals surface area (Å²) >= 11 is 0. The lowest BCUT2D eigenvalue weighted by Gasteiger charge is -2.00. The maximum atomic E-state index is 8.93. The van der Waals surface area contributed by atoms with Crippen LogP contribution in [0, 0.1) is 0 Å². The minimum Gasteiger partial charge on any atom is -0.392 e. The van der Waals surface area contributed by atoms with Crippen molar-refractivity contribution in [3.05, 3.63) is 23.3 Å². The van der Waals surface area contributed by atoms with Gasteiger partial charge < -0.3 is 5.11 Å². The van der Waals surface area contributed by atoms with E-state index in [9.17, 15) is 0 Å². The lowest BCUT2D eigenvalue weighted by Crippen LogP contribution is -1.89. The normalized spacial score (nSPS) is 11.5. The second-order valence-electron chi connectivity index (χ2n) is 3.25. The third-order valence-electron chi connectivity index (χ3n) is 1.71. The van der Waals surface area contributed by atoms with Crippen molar-refractivity contribution in [3.8, 4) is 0 Å². The van der Waals surface area contributed by atoms with Crippen LogP contribution in [0.1, 0.15) is 40.0 Å². The largest absolute Gasteiger partial charge is 0.392 e. The van der Waals surface area contributed by atoms with Gasteiger partial charge in [0.05, 0.1) is 6.61 Å². The first-order valence-corrected chi connectivity index (χ1v) is 4.62. The van der Waals surface area contributed by atoms with E-state index in [1.165, 1.54) is 5.57 Å². The van der Waals surface area contributed by atoms with Gasteiger partial charge in [0.1, 0.15) is 0 Å². The van der Waals surface area contributed by atoms with E-state index in [1.807, 2.05) is 0 Å². The zero-order valence-electron chi connectivity index (χ0n) is 8.43. The molecule has 0 bridgehead atoms. The fourth-order valence-electron chi connectivity index (χ4n) is 1.08. The molecule has 0 aliphatic carbocycles. The first-order chi connectivity index (χ1) is 5.70. The minimum absolute atomic E-state index is 0.213. The average Bonchev–Trinajstić information content (AvgIpc) is 2.02. The quantitative estimate of drug-likeness (QED) is 0.625. The second kappa shape index (κ2) is 7.11. The summed E-state index contributed by atoms with van der Waals surface area (Å²) in [6.07, 6.45) is 7.38. The number of hydrogen-bond donors (Lipinski definition) is 1. The van der Waals surface area contributed by atoms with Gasteiger partial charge in [-0.15, -0.1) is 0 Å². The van der Waals surface area contributed by atoms with Crippen LogP contribution in [0.3, 0.4) is 0 Å². The van der Waals surface area contributed by atoms with Gasteiger partial charge in [-0.2, -0.15) is 0 Å². The van der Waals surface area contributed by atoms with Crippen LogP contribution in [0.15, 0.2) is 23.3 Å². The van der Waals surface area contributed by atoms with Gasteiger partial charge >= 0.3 is 0 Å². The van der Waals surface area contributed by atoms with Crippen molar-refractivity contribution in [2.45, 2.75) is 40.0 Å². The summed E-state index contributed by atoms with van der Waals surface area (Å²) in [6, 6.07) is 0. The molecule has 0 aromatic heterocycles. The average molecular weight is 168 g/mol. The Labute approximate surface area is 75.8 Å². The molecule has 1 N–H and O–H groups in total. The van der Waals surface area contributed by atoms with Gasteiger partial charge in [-0.25, -0.2) is 0 Å². The standard InChI is InChI=1S/C11H20O/c1-4-6-11(9-12)8-5-7-10(2)3/h6-7,12H,4-5,8-9H2,1-3H3/b11-6-. The summed E-state index contributed by atoms with van der Waals surface area (Å²) < 4.78 is 0. The lowest BCUT2D eigenvalue weighted by atomic mass is 10.1. The van der Waals surface area contributed by atoms with E-state index in [2.05, 4.69) is 32.9 Å². The number of hydrogen-bond acceptors (Lipinski definition) is 1. The van der Waals surface area contributed by atoms with Crippen LogP contribution in [0.4, 0.5) is 0 Å². The van der Waals surface area contributed by atoms with E-state index in [0.717, 1.165) is 24.8 Å². The summed E-state index contributed by atoms with van der Waals surface area (Å²) in [5.41, 5.74) is 2.51. The molecule has 0 aliphatic heterocycles. The highest BCUT2D eigenvalue weighted by atomic mass is 16.3. The molecule has 0 radical (unpaired) electrons. The third-order valence-corrected chi connectivity index (χ3v) is 1.71. The summed E-state index contributed by atoms with van der Waals surface area (Å²) in [5.74, 6) is 0. The van der Waals surface area contributed by atoms with E-state index in [-0.39, 0.29) is 6.61 Å². The molecule has 0 aromatic carbocycles. The van der Waals surface area contributed by atoms with Crippen molar-refractivity contribution >= 4 is 0 Å². The Balaban J connectivity index is 3.74. The van der Waals surface area contributed by atoms with E-state index < -0.39 is 0 Å². The molecule has 0 spiro atoms. The van der Waals surface area contributed by atoms with Gasteiger partial charge in [0.25, 0.3) is 0 Å². The van der Waals surface area contributed by atoms with Crippen molar-refractivity contribution in [1.29, 1.82) is 0 Å². The fourth-order valence-corrected chi connectivity index (χ4v) is 1.08. The zero-order valence-corrected chi connectivity index (χ0v) is 8.43. The molecule has 70 valence electrons.